The van der Waals surface area contributed by atoms with Crippen molar-refractivity contribution in [3.05, 3.63) is 130 Å². The summed E-state index contributed by atoms with van der Waals surface area (Å²) < 4.78 is 0. The lowest BCUT2D eigenvalue weighted by Gasteiger charge is -2.42. The summed E-state index contributed by atoms with van der Waals surface area (Å²) in [5, 5.41) is 0. The molecule has 0 atom stereocenters. The normalized spacial score (nSPS) is 17.7. The van der Waals surface area contributed by atoms with Crippen LogP contribution < -0.4 is 11.5 Å². The maximum atomic E-state index is 5.91. The molecule has 0 amide bonds. The van der Waals surface area contributed by atoms with Crippen LogP contribution >= 0.6 is 0 Å². The van der Waals surface area contributed by atoms with Gasteiger partial charge in [0, 0.05) is 16.8 Å². The monoisotopic (exact) mass is 556 g/mol. The van der Waals surface area contributed by atoms with Crippen LogP contribution in [0.5, 0.6) is 0 Å². The van der Waals surface area contributed by atoms with Gasteiger partial charge in [0.2, 0.25) is 0 Å². The molecule has 4 aromatic carbocycles. The summed E-state index contributed by atoms with van der Waals surface area (Å²) in [4.78, 5) is 0. The second-order valence-electron chi connectivity index (χ2n) is 13.3. The first kappa shape index (κ1) is 28.6. The van der Waals surface area contributed by atoms with Crippen LogP contribution in [0.4, 0.5) is 11.4 Å². The predicted molar refractivity (Wildman–Crippen MR) is 179 cm³/mol. The summed E-state index contributed by atoms with van der Waals surface area (Å²) in [6.07, 6.45) is 17.3. The van der Waals surface area contributed by atoms with E-state index >= 15 is 0 Å². The van der Waals surface area contributed by atoms with Crippen molar-refractivity contribution >= 4 is 11.4 Å². The lowest BCUT2D eigenvalue weighted by Crippen LogP contribution is -2.33. The van der Waals surface area contributed by atoms with Crippen molar-refractivity contribution < 1.29 is 0 Å². The van der Waals surface area contributed by atoms with Crippen molar-refractivity contribution in [2.24, 2.45) is 11.8 Å². The number of benzene rings is 4. The Kier molecular flexibility index (Phi) is 8.98. The van der Waals surface area contributed by atoms with Crippen LogP contribution in [-0.4, -0.2) is 0 Å². The Morgan fingerprint density at radius 2 is 0.810 bits per heavy atom. The van der Waals surface area contributed by atoms with E-state index in [2.05, 4.69) is 72.8 Å². The quantitative estimate of drug-likeness (QED) is 0.202. The summed E-state index contributed by atoms with van der Waals surface area (Å²) in [6.45, 7) is 0. The molecular formula is C40H48N2. The lowest BCUT2D eigenvalue weighted by atomic mass is 9.62. The Bertz CT molecular complexity index is 1290. The van der Waals surface area contributed by atoms with Gasteiger partial charge in [0.15, 0.2) is 0 Å². The van der Waals surface area contributed by atoms with Gasteiger partial charge in [-0.3, -0.25) is 0 Å². The highest BCUT2D eigenvalue weighted by molar-refractivity contribution is 5.45. The van der Waals surface area contributed by atoms with E-state index in [0.717, 1.165) is 36.1 Å². The van der Waals surface area contributed by atoms with Crippen LogP contribution in [0.2, 0.25) is 0 Å². The van der Waals surface area contributed by atoms with E-state index in [4.69, 9.17) is 11.5 Å². The number of nitrogens with two attached hydrogens (primary N) is 2. The minimum absolute atomic E-state index is 0.0980. The largest absolute Gasteiger partial charge is 0.399 e. The second-order valence-corrected chi connectivity index (χ2v) is 13.3. The fourth-order valence-corrected chi connectivity index (χ4v) is 7.78. The molecule has 218 valence electrons. The van der Waals surface area contributed by atoms with Gasteiger partial charge in [-0.05, 0) is 108 Å². The van der Waals surface area contributed by atoms with Gasteiger partial charge in [0.1, 0.15) is 0 Å². The number of hydrogen-bond donors (Lipinski definition) is 2. The summed E-state index contributed by atoms with van der Waals surface area (Å²) in [5.74, 6) is 1.88. The third-order valence-electron chi connectivity index (χ3n) is 10.5. The molecular weight excluding hydrogens is 508 g/mol. The van der Waals surface area contributed by atoms with Gasteiger partial charge in [0.05, 0.1) is 0 Å². The fourth-order valence-electron chi connectivity index (χ4n) is 7.78. The molecule has 0 radical (unpaired) electrons. The van der Waals surface area contributed by atoms with Crippen molar-refractivity contribution in [2.45, 2.75) is 88.9 Å². The summed E-state index contributed by atoms with van der Waals surface area (Å²) in [5.41, 5.74) is 21.9. The van der Waals surface area contributed by atoms with Gasteiger partial charge in [-0.25, -0.2) is 0 Å². The maximum absolute atomic E-state index is 5.91. The highest BCUT2D eigenvalue weighted by Gasteiger charge is 2.38. The molecule has 2 saturated carbocycles. The van der Waals surface area contributed by atoms with Gasteiger partial charge in [0.25, 0.3) is 0 Å². The van der Waals surface area contributed by atoms with Gasteiger partial charge in [-0.15, -0.1) is 0 Å². The van der Waals surface area contributed by atoms with E-state index < -0.39 is 0 Å². The fraction of sp³-hybridized carbons (Fsp3) is 0.400. The van der Waals surface area contributed by atoms with Crippen LogP contribution in [0.1, 0.15) is 104 Å². The Hall–Kier alpha value is -3.52. The van der Waals surface area contributed by atoms with E-state index in [1.54, 1.807) is 0 Å². The summed E-state index contributed by atoms with van der Waals surface area (Å²) in [6, 6.07) is 35.7. The second kappa shape index (κ2) is 13.2. The van der Waals surface area contributed by atoms with Crippen LogP contribution in [0, 0.1) is 11.8 Å². The number of anilines is 2. The molecule has 0 spiro atoms. The first-order valence-corrected chi connectivity index (χ1v) is 16.4. The van der Waals surface area contributed by atoms with Crippen LogP contribution in [0.15, 0.2) is 97.1 Å². The predicted octanol–water partition coefficient (Wildman–Crippen LogP) is 9.87. The average molecular weight is 557 g/mol. The molecule has 4 N–H and O–H groups in total. The van der Waals surface area contributed by atoms with E-state index in [0.29, 0.717) is 0 Å². The van der Waals surface area contributed by atoms with Gasteiger partial charge >= 0.3 is 0 Å². The minimum atomic E-state index is 0.0980. The molecule has 0 bridgehead atoms. The molecule has 2 aliphatic rings. The third kappa shape index (κ3) is 6.92. The molecule has 2 nitrogen and oxygen atoms in total. The van der Waals surface area contributed by atoms with Gasteiger partial charge in [-0.1, -0.05) is 118 Å². The molecule has 42 heavy (non-hydrogen) atoms. The van der Waals surface area contributed by atoms with Crippen LogP contribution in [-0.2, 0) is 18.3 Å². The van der Waals surface area contributed by atoms with Gasteiger partial charge in [-0.2, -0.15) is 0 Å². The molecule has 0 heterocycles. The molecule has 2 fully saturated rings. The average Bonchev–Trinajstić information content (AvgIpc) is 3.04. The van der Waals surface area contributed by atoms with Gasteiger partial charge < -0.3 is 11.5 Å². The standard InChI is InChI=1S/C40H48N2/c41-38-20-12-34(13-21-38)28-32-8-16-36(17-9-32)40(26-24-31(25-27-40)7-6-30-4-2-1-3-5-30)37-18-10-33(11-19-37)29-35-14-22-39(42)23-15-35/h8-23,30-31H,1-7,24-29,41-42H2. The van der Waals surface area contributed by atoms with E-state index in [-0.39, 0.29) is 5.41 Å². The van der Waals surface area contributed by atoms with Crippen molar-refractivity contribution in [3.63, 3.8) is 0 Å². The topological polar surface area (TPSA) is 52.0 Å². The SMILES string of the molecule is Nc1ccc(Cc2ccc(C3(c4ccc(Cc5ccc(N)cc5)cc4)CCC(CCC4CCCCC4)CC3)cc2)cc1. The molecule has 6 rings (SSSR count). The zero-order chi connectivity index (χ0) is 28.8. The highest BCUT2D eigenvalue weighted by atomic mass is 14.5. The van der Waals surface area contributed by atoms with Crippen molar-refractivity contribution in [1.29, 1.82) is 0 Å². The number of hydrogen-bond acceptors (Lipinski definition) is 2. The Morgan fingerprint density at radius 3 is 1.21 bits per heavy atom. The maximum Gasteiger partial charge on any atom is 0.0314 e. The molecule has 4 aromatic rings. The van der Waals surface area contributed by atoms with E-state index in [9.17, 15) is 0 Å². The van der Waals surface area contributed by atoms with Crippen molar-refractivity contribution in [3.8, 4) is 0 Å². The number of nitrogen functional groups attached to an aromatic ring is 2. The van der Waals surface area contributed by atoms with Crippen molar-refractivity contribution in [1.82, 2.24) is 0 Å². The molecule has 2 heteroatoms. The summed E-state index contributed by atoms with van der Waals surface area (Å²) in [7, 11) is 0. The van der Waals surface area contributed by atoms with Crippen molar-refractivity contribution in [2.75, 3.05) is 11.5 Å². The number of rotatable bonds is 9. The Balaban J connectivity index is 1.20. The minimum Gasteiger partial charge on any atom is -0.399 e. The molecule has 0 unspecified atom stereocenters. The first-order chi connectivity index (χ1) is 20.6. The van der Waals surface area contributed by atoms with Crippen LogP contribution in [0.25, 0.3) is 0 Å². The lowest BCUT2D eigenvalue weighted by molar-refractivity contribution is 0.229. The Morgan fingerprint density at radius 1 is 0.452 bits per heavy atom. The summed E-state index contributed by atoms with van der Waals surface area (Å²) >= 11 is 0. The van der Waals surface area contributed by atoms with Crippen LogP contribution in [0.3, 0.4) is 0 Å². The zero-order valence-electron chi connectivity index (χ0n) is 25.2. The Labute approximate surface area is 253 Å². The molecule has 0 aliphatic heterocycles. The zero-order valence-corrected chi connectivity index (χ0v) is 25.2. The smallest absolute Gasteiger partial charge is 0.0314 e. The molecule has 0 saturated heterocycles. The molecule has 0 aromatic heterocycles. The van der Waals surface area contributed by atoms with E-state index in [1.165, 1.54) is 104 Å². The first-order valence-electron chi connectivity index (χ1n) is 16.4. The highest BCUT2D eigenvalue weighted by Crippen LogP contribution is 2.48. The third-order valence-corrected chi connectivity index (χ3v) is 10.5. The molecule has 2 aliphatic carbocycles. The van der Waals surface area contributed by atoms with E-state index in [1.807, 2.05) is 24.3 Å².